The van der Waals surface area contributed by atoms with Gasteiger partial charge in [0.15, 0.2) is 0 Å². The summed E-state index contributed by atoms with van der Waals surface area (Å²) in [5.74, 6) is -1.57. The summed E-state index contributed by atoms with van der Waals surface area (Å²) in [5.41, 5.74) is 0.997. The van der Waals surface area contributed by atoms with Crippen LogP contribution in [0.3, 0.4) is 0 Å². The first-order chi connectivity index (χ1) is 9.97. The number of imidazole rings is 1. The molecule has 0 fully saturated rings. The van der Waals surface area contributed by atoms with Gasteiger partial charge in [0.2, 0.25) is 0 Å². The van der Waals surface area contributed by atoms with Crippen LogP contribution < -0.4 is 5.32 Å². The minimum absolute atomic E-state index is 0.132. The molecule has 0 aliphatic carbocycles. The summed E-state index contributed by atoms with van der Waals surface area (Å²) in [6.07, 6.45) is 3.12. The highest BCUT2D eigenvalue weighted by Gasteiger charge is 2.22. The Morgan fingerprint density at radius 3 is 2.76 bits per heavy atom. The third kappa shape index (κ3) is 4.15. The van der Waals surface area contributed by atoms with Crippen LogP contribution in [-0.2, 0) is 11.2 Å². The lowest BCUT2D eigenvalue weighted by Crippen LogP contribution is -2.42. The second-order valence-electron chi connectivity index (χ2n) is 4.27. The molecule has 0 aliphatic heterocycles. The van der Waals surface area contributed by atoms with Crippen molar-refractivity contribution in [2.75, 3.05) is 0 Å². The van der Waals surface area contributed by atoms with Gasteiger partial charge in [-0.2, -0.15) is 0 Å². The molecule has 0 saturated carbocycles. The molecule has 1 atom stereocenters. The zero-order valence-electron chi connectivity index (χ0n) is 10.6. The number of benzene rings is 1. The number of carboxylic acid groups (broad SMARTS) is 1. The van der Waals surface area contributed by atoms with Crippen LogP contribution in [0.5, 0.6) is 0 Å². The molecule has 1 amide bonds. The maximum absolute atomic E-state index is 12.2. The molecule has 0 radical (unpaired) electrons. The minimum Gasteiger partial charge on any atom is -0.480 e. The number of aromatic nitrogens is 2. The van der Waals surface area contributed by atoms with Crippen molar-refractivity contribution in [2.45, 2.75) is 12.5 Å². The van der Waals surface area contributed by atoms with Crippen molar-refractivity contribution in [3.63, 3.8) is 0 Å². The van der Waals surface area contributed by atoms with Gasteiger partial charge in [-0.1, -0.05) is 15.9 Å². The van der Waals surface area contributed by atoms with Crippen molar-refractivity contribution in [3.8, 4) is 0 Å². The molecule has 1 aromatic heterocycles. The molecular formula is C13H11Br2N3O3. The number of rotatable bonds is 5. The number of hydrogen-bond donors (Lipinski definition) is 3. The van der Waals surface area contributed by atoms with E-state index in [0.29, 0.717) is 15.7 Å². The molecule has 2 aromatic rings. The molecule has 8 heteroatoms. The molecule has 110 valence electrons. The van der Waals surface area contributed by atoms with E-state index in [1.807, 2.05) is 0 Å². The van der Waals surface area contributed by atoms with E-state index < -0.39 is 17.9 Å². The van der Waals surface area contributed by atoms with Crippen LogP contribution in [0.25, 0.3) is 0 Å². The third-order valence-electron chi connectivity index (χ3n) is 2.76. The highest BCUT2D eigenvalue weighted by molar-refractivity contribution is 9.11. The van der Waals surface area contributed by atoms with Crippen molar-refractivity contribution in [3.05, 3.63) is 50.9 Å². The molecule has 1 heterocycles. The summed E-state index contributed by atoms with van der Waals surface area (Å²) < 4.78 is 1.32. The summed E-state index contributed by atoms with van der Waals surface area (Å²) in [4.78, 5) is 30.1. The Balaban J connectivity index is 2.14. The lowest BCUT2D eigenvalue weighted by molar-refractivity contribution is -0.139. The fraction of sp³-hybridized carbons (Fsp3) is 0.154. The van der Waals surface area contributed by atoms with Crippen LogP contribution in [0.1, 0.15) is 16.1 Å². The van der Waals surface area contributed by atoms with E-state index in [9.17, 15) is 14.7 Å². The smallest absolute Gasteiger partial charge is 0.326 e. The maximum Gasteiger partial charge on any atom is 0.326 e. The van der Waals surface area contributed by atoms with Gasteiger partial charge in [0.25, 0.3) is 5.91 Å². The average molecular weight is 417 g/mol. The van der Waals surface area contributed by atoms with Crippen molar-refractivity contribution in [2.24, 2.45) is 0 Å². The number of aliphatic carboxylic acids is 1. The zero-order chi connectivity index (χ0) is 15.4. The monoisotopic (exact) mass is 415 g/mol. The molecule has 3 N–H and O–H groups in total. The van der Waals surface area contributed by atoms with E-state index in [4.69, 9.17) is 0 Å². The van der Waals surface area contributed by atoms with E-state index in [1.165, 1.54) is 12.5 Å². The molecule has 0 saturated heterocycles. The molecular weight excluding hydrogens is 406 g/mol. The maximum atomic E-state index is 12.2. The molecule has 0 unspecified atom stereocenters. The number of aromatic amines is 1. The average Bonchev–Trinajstić information content (AvgIpc) is 2.93. The van der Waals surface area contributed by atoms with Crippen LogP contribution in [0.15, 0.2) is 39.7 Å². The number of hydrogen-bond acceptors (Lipinski definition) is 3. The van der Waals surface area contributed by atoms with Crippen molar-refractivity contribution >= 4 is 43.7 Å². The molecule has 1 aromatic carbocycles. The van der Waals surface area contributed by atoms with E-state index in [1.54, 1.807) is 18.2 Å². The Hall–Kier alpha value is -1.67. The van der Waals surface area contributed by atoms with Gasteiger partial charge >= 0.3 is 5.97 Å². The largest absolute Gasteiger partial charge is 0.480 e. The van der Waals surface area contributed by atoms with E-state index in [2.05, 4.69) is 47.1 Å². The van der Waals surface area contributed by atoms with Crippen molar-refractivity contribution in [1.82, 2.24) is 15.3 Å². The first-order valence-corrected chi connectivity index (χ1v) is 7.52. The Kier molecular flexibility index (Phi) is 5.13. The van der Waals surface area contributed by atoms with Crippen LogP contribution >= 0.6 is 31.9 Å². The summed E-state index contributed by atoms with van der Waals surface area (Å²) in [5, 5.41) is 11.7. The van der Waals surface area contributed by atoms with Gasteiger partial charge in [-0.15, -0.1) is 0 Å². The Morgan fingerprint density at radius 2 is 2.14 bits per heavy atom. The fourth-order valence-corrected chi connectivity index (χ4v) is 2.51. The Bertz CT molecular complexity index is 659. The van der Waals surface area contributed by atoms with Crippen LogP contribution in [-0.4, -0.2) is 33.0 Å². The summed E-state index contributed by atoms with van der Waals surface area (Å²) in [6, 6.07) is 4.07. The second kappa shape index (κ2) is 6.86. The van der Waals surface area contributed by atoms with Crippen LogP contribution in [0, 0.1) is 0 Å². The highest BCUT2D eigenvalue weighted by Crippen LogP contribution is 2.21. The molecule has 6 nitrogen and oxygen atoms in total. The van der Waals surface area contributed by atoms with E-state index in [0.717, 1.165) is 4.47 Å². The SMILES string of the molecule is O=C(N[C@H](Cc1cnc[nH]1)C(=O)O)c1cc(Br)ccc1Br. The van der Waals surface area contributed by atoms with Gasteiger partial charge in [0.05, 0.1) is 11.9 Å². The summed E-state index contributed by atoms with van der Waals surface area (Å²) in [7, 11) is 0. The highest BCUT2D eigenvalue weighted by atomic mass is 79.9. The van der Waals surface area contributed by atoms with Gasteiger partial charge in [-0.3, -0.25) is 4.79 Å². The van der Waals surface area contributed by atoms with E-state index >= 15 is 0 Å². The first-order valence-electron chi connectivity index (χ1n) is 5.93. The van der Waals surface area contributed by atoms with Gasteiger partial charge in [0.1, 0.15) is 6.04 Å². The topological polar surface area (TPSA) is 95.1 Å². The third-order valence-corrected chi connectivity index (χ3v) is 3.94. The Labute approximate surface area is 137 Å². The predicted molar refractivity (Wildman–Crippen MR) is 83.0 cm³/mol. The number of carbonyl (C=O) groups excluding carboxylic acids is 1. The minimum atomic E-state index is -1.11. The number of carbonyl (C=O) groups is 2. The molecule has 0 aliphatic rings. The normalized spacial score (nSPS) is 11.9. The van der Waals surface area contributed by atoms with Gasteiger partial charge < -0.3 is 15.4 Å². The first kappa shape index (κ1) is 15.7. The number of nitrogens with zero attached hydrogens (tertiary/aromatic N) is 1. The standard InChI is InChI=1S/C13H11Br2N3O3/c14-7-1-2-10(15)9(3-7)12(19)18-11(13(20)21)4-8-5-16-6-17-8/h1-3,5-6,11H,4H2,(H,16,17)(H,18,19)(H,20,21)/t11-/m1/s1. The lowest BCUT2D eigenvalue weighted by atomic mass is 10.1. The lowest BCUT2D eigenvalue weighted by Gasteiger charge is -2.14. The Morgan fingerprint density at radius 1 is 1.38 bits per heavy atom. The second-order valence-corrected chi connectivity index (χ2v) is 6.04. The number of amides is 1. The molecule has 0 bridgehead atoms. The number of nitrogens with one attached hydrogen (secondary N) is 2. The van der Waals surface area contributed by atoms with Crippen molar-refractivity contribution < 1.29 is 14.7 Å². The fourth-order valence-electron chi connectivity index (χ4n) is 1.72. The van der Waals surface area contributed by atoms with Gasteiger partial charge in [-0.05, 0) is 34.1 Å². The zero-order valence-corrected chi connectivity index (χ0v) is 13.8. The van der Waals surface area contributed by atoms with Crippen LogP contribution in [0.4, 0.5) is 0 Å². The van der Waals surface area contributed by atoms with E-state index in [-0.39, 0.29) is 6.42 Å². The predicted octanol–water partition coefficient (Wildman–Crippen LogP) is 2.36. The molecule has 2 rings (SSSR count). The number of H-pyrrole nitrogens is 1. The van der Waals surface area contributed by atoms with Gasteiger partial charge in [-0.25, -0.2) is 9.78 Å². The number of halogens is 2. The summed E-state index contributed by atoms with van der Waals surface area (Å²) >= 11 is 6.55. The summed E-state index contributed by atoms with van der Waals surface area (Å²) in [6.45, 7) is 0. The molecule has 21 heavy (non-hydrogen) atoms. The van der Waals surface area contributed by atoms with Crippen molar-refractivity contribution in [1.29, 1.82) is 0 Å². The quantitative estimate of drug-likeness (QED) is 0.697. The molecule has 0 spiro atoms. The number of carboxylic acids is 1. The van der Waals surface area contributed by atoms with Gasteiger partial charge in [0, 0.05) is 27.3 Å². The van der Waals surface area contributed by atoms with Crippen LogP contribution in [0.2, 0.25) is 0 Å².